The van der Waals surface area contributed by atoms with Crippen LogP contribution in [0.2, 0.25) is 0 Å². The number of nitrogens with one attached hydrogen (secondary N) is 1. The van der Waals surface area contributed by atoms with Crippen molar-refractivity contribution in [3.05, 3.63) is 87.1 Å². The third-order valence-electron chi connectivity index (χ3n) is 8.74. The highest BCUT2D eigenvalue weighted by Gasteiger charge is 2.30. The van der Waals surface area contributed by atoms with Crippen LogP contribution in [0, 0.1) is 6.92 Å². The molecule has 46 heavy (non-hydrogen) atoms. The average molecular weight is 633 g/mol. The lowest BCUT2D eigenvalue weighted by molar-refractivity contribution is -0.0896. The van der Waals surface area contributed by atoms with Gasteiger partial charge in [0.05, 0.1) is 18.4 Å². The number of benzene rings is 2. The highest BCUT2D eigenvalue weighted by atomic mass is 19.1. The normalized spacial score (nSPS) is 21.1. The highest BCUT2D eigenvalue weighted by molar-refractivity contribution is 6.04. The number of oxime groups is 1. The molecule has 0 amide bonds. The molecule has 3 heterocycles. The molecule has 11 nitrogen and oxygen atoms in total. The van der Waals surface area contributed by atoms with Crippen LogP contribution in [0.4, 0.5) is 4.39 Å². The Kier molecular flexibility index (Phi) is 9.21. The zero-order valence-electron chi connectivity index (χ0n) is 26.4. The molecular weight excluding hydrogens is 591 g/mol. The number of nitrogens with zero attached hydrogens (tertiary/aromatic N) is 5. The molecule has 2 atom stereocenters. The zero-order valence-corrected chi connectivity index (χ0v) is 26.4. The molecule has 2 unspecified atom stereocenters. The number of hydrogen-bond donors (Lipinski definition) is 3. The monoisotopic (exact) mass is 632 g/mol. The molecule has 1 saturated carbocycles. The molecule has 0 bridgehead atoms. The van der Waals surface area contributed by atoms with E-state index in [1.807, 2.05) is 64.5 Å². The number of fused-ring (bicyclic) bond motifs is 1. The molecule has 2 aliphatic rings. The third-order valence-corrected chi connectivity index (χ3v) is 8.74. The van der Waals surface area contributed by atoms with Crippen molar-refractivity contribution in [1.29, 1.82) is 0 Å². The molecule has 1 aliphatic carbocycles. The van der Waals surface area contributed by atoms with Crippen LogP contribution >= 0.6 is 0 Å². The zero-order chi connectivity index (χ0) is 32.4. The minimum absolute atomic E-state index is 0.0496. The van der Waals surface area contributed by atoms with Crippen LogP contribution in [-0.4, -0.2) is 66.6 Å². The Hall–Kier alpha value is -4.13. The number of hydrogen-bond acceptors (Lipinski definition) is 9. The molecule has 1 aliphatic heterocycles. The Bertz CT molecular complexity index is 1780. The van der Waals surface area contributed by atoms with Gasteiger partial charge < -0.3 is 25.1 Å². The van der Waals surface area contributed by atoms with Gasteiger partial charge >= 0.3 is 6.41 Å². The summed E-state index contributed by atoms with van der Waals surface area (Å²) in [4.78, 5) is 24.0. The first-order valence-electron chi connectivity index (χ1n) is 15.9. The van der Waals surface area contributed by atoms with Gasteiger partial charge in [0.1, 0.15) is 18.1 Å². The van der Waals surface area contributed by atoms with Crippen LogP contribution in [0.15, 0.2) is 58.5 Å². The van der Waals surface area contributed by atoms with Gasteiger partial charge in [-0.1, -0.05) is 67.0 Å². The summed E-state index contributed by atoms with van der Waals surface area (Å²) < 4.78 is 22.6. The van der Waals surface area contributed by atoms with Crippen molar-refractivity contribution < 1.29 is 24.2 Å². The lowest BCUT2D eigenvalue weighted by atomic mass is 9.92. The van der Waals surface area contributed by atoms with E-state index in [-0.39, 0.29) is 24.3 Å². The van der Waals surface area contributed by atoms with Crippen LogP contribution in [0.1, 0.15) is 80.2 Å². The van der Waals surface area contributed by atoms with Gasteiger partial charge in [0.15, 0.2) is 5.84 Å². The van der Waals surface area contributed by atoms with E-state index in [1.54, 1.807) is 0 Å². The molecule has 1 fully saturated rings. The molecule has 12 heteroatoms. The van der Waals surface area contributed by atoms with Crippen LogP contribution in [0.5, 0.6) is 0 Å². The number of aliphatic hydroxyl groups excluding tert-OH is 1. The Labute approximate surface area is 266 Å². The van der Waals surface area contributed by atoms with Gasteiger partial charge in [-0.25, -0.2) is 8.91 Å². The number of amidine groups is 1. The van der Waals surface area contributed by atoms with Gasteiger partial charge in [0, 0.05) is 23.6 Å². The van der Waals surface area contributed by atoms with E-state index in [1.165, 1.54) is 6.92 Å². The van der Waals surface area contributed by atoms with Gasteiger partial charge in [-0.3, -0.25) is 9.36 Å². The number of ether oxygens (including phenoxy) is 1. The average Bonchev–Trinajstić information content (AvgIpc) is 3.67. The highest BCUT2D eigenvalue weighted by Crippen LogP contribution is 2.32. The fraction of sp³-hybridized carbons (Fsp3) is 0.471. The predicted octanol–water partition coefficient (Wildman–Crippen LogP) is 4.19. The lowest BCUT2D eigenvalue weighted by Crippen LogP contribution is -2.38. The Morgan fingerprint density at radius 1 is 1.11 bits per heavy atom. The van der Waals surface area contributed by atoms with E-state index < -0.39 is 18.7 Å². The maximum absolute atomic E-state index is 14.4. The van der Waals surface area contributed by atoms with Gasteiger partial charge in [-0.15, -0.1) is 0 Å². The van der Waals surface area contributed by atoms with Crippen molar-refractivity contribution in [2.75, 3.05) is 13.3 Å². The largest absolute Gasteiger partial charge is 0.385 e. The molecule has 6 rings (SSSR count). The van der Waals surface area contributed by atoms with Crippen LogP contribution in [0.25, 0.3) is 16.9 Å². The summed E-state index contributed by atoms with van der Waals surface area (Å²) >= 11 is 0. The van der Waals surface area contributed by atoms with Gasteiger partial charge in [-0.05, 0) is 62.6 Å². The lowest BCUT2D eigenvalue weighted by Gasteiger charge is -2.32. The minimum atomic E-state index is -1.49. The third kappa shape index (κ3) is 6.55. The SMILES string of the molecule is CCCc1c(Cc2ccc(-c3ccccc3C3=NOC(O)N3)cc2)c(=O)n([C@H]2CC[C@H](OCC(C)(O)CF)CC2)c2nc(C)nn12. The second kappa shape index (κ2) is 13.3. The summed E-state index contributed by atoms with van der Waals surface area (Å²) in [7, 11) is 0. The van der Waals surface area contributed by atoms with Crippen molar-refractivity contribution in [2.24, 2.45) is 5.16 Å². The smallest absolute Gasteiger partial charge is 0.304 e. The number of aliphatic hydroxyl groups is 2. The molecule has 0 radical (unpaired) electrons. The van der Waals surface area contributed by atoms with Crippen LogP contribution < -0.4 is 10.9 Å². The Morgan fingerprint density at radius 2 is 1.83 bits per heavy atom. The van der Waals surface area contributed by atoms with Crippen molar-refractivity contribution >= 4 is 11.6 Å². The van der Waals surface area contributed by atoms with E-state index in [9.17, 15) is 19.4 Å². The van der Waals surface area contributed by atoms with E-state index in [0.29, 0.717) is 61.5 Å². The standard InChI is InChI=1S/C34H41FN6O5/c1-4-7-29-28(18-22-10-12-23(13-11-22)26-8-5-6-9-27(26)30-37-33(43)46-39-30)31(42)40(32-36-21(2)38-41(29)32)24-14-16-25(17-15-24)45-20-34(3,44)19-35/h5-6,8-13,24-25,33,43-44H,4,7,14-20H2,1-3H3,(H,37,39)/t24-,25-,33?,34?. The summed E-state index contributed by atoms with van der Waals surface area (Å²) in [5.74, 6) is 1.62. The molecule has 2 aromatic carbocycles. The summed E-state index contributed by atoms with van der Waals surface area (Å²) in [6.45, 7) is 4.44. The molecule has 0 spiro atoms. The maximum Gasteiger partial charge on any atom is 0.304 e. The number of halogens is 1. The van der Waals surface area contributed by atoms with Gasteiger partial charge in [0.2, 0.25) is 5.78 Å². The van der Waals surface area contributed by atoms with E-state index in [0.717, 1.165) is 34.4 Å². The van der Waals surface area contributed by atoms with Gasteiger partial charge in [0.25, 0.3) is 5.56 Å². The minimum Gasteiger partial charge on any atom is -0.385 e. The second-order valence-electron chi connectivity index (χ2n) is 12.6. The quantitative estimate of drug-likeness (QED) is 0.224. The first kappa shape index (κ1) is 31.8. The summed E-state index contributed by atoms with van der Waals surface area (Å²) in [5.41, 5.74) is 3.73. The van der Waals surface area contributed by atoms with Crippen molar-refractivity contribution in [3.63, 3.8) is 0 Å². The predicted molar refractivity (Wildman–Crippen MR) is 171 cm³/mol. The van der Waals surface area contributed by atoms with Gasteiger partial charge in [-0.2, -0.15) is 10.1 Å². The molecule has 244 valence electrons. The Morgan fingerprint density at radius 3 is 2.48 bits per heavy atom. The molecule has 2 aromatic heterocycles. The first-order valence-corrected chi connectivity index (χ1v) is 15.9. The second-order valence-corrected chi connectivity index (χ2v) is 12.6. The molecule has 3 N–H and O–H groups in total. The topological polar surface area (TPSA) is 136 Å². The number of aryl methyl sites for hydroxylation is 2. The molecule has 4 aromatic rings. The number of rotatable bonds is 11. The van der Waals surface area contributed by atoms with E-state index in [4.69, 9.17) is 19.7 Å². The summed E-state index contributed by atoms with van der Waals surface area (Å²) in [6, 6.07) is 15.8. The summed E-state index contributed by atoms with van der Waals surface area (Å²) in [5, 5.41) is 31.2. The van der Waals surface area contributed by atoms with Crippen LogP contribution in [0.3, 0.4) is 0 Å². The maximum atomic E-state index is 14.4. The molecular formula is C34H41FN6O5. The summed E-state index contributed by atoms with van der Waals surface area (Å²) in [6.07, 6.45) is 3.50. The van der Waals surface area contributed by atoms with Crippen molar-refractivity contribution in [2.45, 2.75) is 89.9 Å². The fourth-order valence-corrected chi connectivity index (χ4v) is 6.38. The van der Waals surface area contributed by atoms with E-state index in [2.05, 4.69) is 17.4 Å². The number of alkyl halides is 1. The van der Waals surface area contributed by atoms with Crippen LogP contribution in [-0.2, 0) is 22.4 Å². The fourth-order valence-electron chi connectivity index (χ4n) is 6.38. The first-order chi connectivity index (χ1) is 22.2. The number of aromatic nitrogens is 4. The Balaban J connectivity index is 1.30. The van der Waals surface area contributed by atoms with E-state index >= 15 is 0 Å². The molecule has 0 saturated heterocycles. The van der Waals surface area contributed by atoms with Crippen molar-refractivity contribution in [3.8, 4) is 11.1 Å². The van der Waals surface area contributed by atoms with Crippen molar-refractivity contribution in [1.82, 2.24) is 24.5 Å².